The van der Waals surface area contributed by atoms with E-state index in [0.717, 1.165) is 6.08 Å². The van der Waals surface area contributed by atoms with Crippen LogP contribution >= 0.6 is 0 Å². The molecular weight excluding hydrogens is 212 g/mol. The molecule has 15 heavy (non-hydrogen) atoms. The summed E-state index contributed by atoms with van der Waals surface area (Å²) in [7, 11) is 0. The molecule has 2 unspecified atom stereocenters. The second kappa shape index (κ2) is 3.33. The van der Waals surface area contributed by atoms with E-state index in [1.165, 1.54) is 0 Å². The van der Waals surface area contributed by atoms with Crippen LogP contribution in [-0.4, -0.2) is 17.4 Å². The molecule has 0 amide bonds. The highest BCUT2D eigenvalue weighted by atomic mass is 19.4. The van der Waals surface area contributed by atoms with Crippen LogP contribution in [0.15, 0.2) is 23.6 Å². The molecule has 0 bridgehead atoms. The van der Waals surface area contributed by atoms with Crippen molar-refractivity contribution in [1.82, 2.24) is 0 Å². The Morgan fingerprint density at radius 1 is 1.27 bits per heavy atom. The molecule has 0 radical (unpaired) electrons. The van der Waals surface area contributed by atoms with E-state index >= 15 is 0 Å². The molecule has 5 heteroatoms. The molecule has 0 aromatic heterocycles. The van der Waals surface area contributed by atoms with Gasteiger partial charge in [-0.05, 0) is 30.9 Å². The fourth-order valence-corrected chi connectivity index (χ4v) is 2.37. The summed E-state index contributed by atoms with van der Waals surface area (Å²) < 4.78 is 50.6. The zero-order chi connectivity index (χ0) is 11.2. The van der Waals surface area contributed by atoms with Gasteiger partial charge in [-0.2, -0.15) is 13.2 Å². The van der Waals surface area contributed by atoms with Crippen LogP contribution < -0.4 is 0 Å². The Bertz CT molecular complexity index is 329. The lowest BCUT2D eigenvalue weighted by molar-refractivity contribution is -0.101. The lowest BCUT2D eigenvalue weighted by atomic mass is 9.83. The molecule has 1 nitrogen and oxygen atoms in total. The number of allylic oxidation sites excluding steroid dienone is 3. The van der Waals surface area contributed by atoms with Crippen molar-refractivity contribution < 1.29 is 22.7 Å². The third-order valence-corrected chi connectivity index (χ3v) is 3.05. The van der Waals surface area contributed by atoms with Crippen LogP contribution in [-0.2, 0) is 0 Å². The van der Waals surface area contributed by atoms with Crippen LogP contribution in [0.1, 0.15) is 12.8 Å². The van der Waals surface area contributed by atoms with Crippen molar-refractivity contribution in [3.63, 3.8) is 0 Å². The second-order valence-corrected chi connectivity index (χ2v) is 3.98. The summed E-state index contributed by atoms with van der Waals surface area (Å²) in [6.07, 6.45) is -3.16. The fourth-order valence-electron chi connectivity index (χ4n) is 2.37. The first kappa shape index (κ1) is 10.7. The van der Waals surface area contributed by atoms with Crippen molar-refractivity contribution in [2.45, 2.75) is 25.1 Å². The van der Waals surface area contributed by atoms with E-state index < -0.39 is 35.5 Å². The van der Waals surface area contributed by atoms with Gasteiger partial charge in [0.25, 0.3) is 0 Å². The number of rotatable bonds is 0. The number of aliphatic hydroxyl groups excluding tert-OH is 1. The first-order valence-electron chi connectivity index (χ1n) is 4.74. The summed E-state index contributed by atoms with van der Waals surface area (Å²) in [5.41, 5.74) is -0.843. The largest absolute Gasteiger partial charge is 0.413 e. The van der Waals surface area contributed by atoms with Crippen LogP contribution in [0.4, 0.5) is 17.6 Å². The van der Waals surface area contributed by atoms with Crippen molar-refractivity contribution in [2.24, 2.45) is 11.8 Å². The standard InChI is InChI=1S/C10H10F4O/c11-5-3-7-6(1-2-9(7)15)8(4-5)10(12,13)14/h3-4,6-7,9,15H,1-2H2/t6?,7?,9-/m0/s1. The minimum atomic E-state index is -4.50. The van der Waals surface area contributed by atoms with E-state index in [-0.39, 0.29) is 6.42 Å². The molecule has 1 saturated carbocycles. The lowest BCUT2D eigenvalue weighted by Gasteiger charge is -2.26. The van der Waals surface area contributed by atoms with E-state index in [1.807, 2.05) is 0 Å². The van der Waals surface area contributed by atoms with Crippen molar-refractivity contribution in [2.75, 3.05) is 0 Å². The molecule has 0 aromatic rings. The summed E-state index contributed by atoms with van der Waals surface area (Å²) in [5.74, 6) is -2.39. The van der Waals surface area contributed by atoms with Gasteiger partial charge in [-0.25, -0.2) is 4.39 Å². The number of halogens is 4. The molecule has 1 fully saturated rings. The number of aliphatic hydroxyl groups is 1. The molecule has 2 aliphatic rings. The SMILES string of the molecule is O[C@H]1CCC2C(C(F)(F)F)=CC(F)=CC21. The monoisotopic (exact) mass is 222 g/mol. The Hall–Kier alpha value is -0.840. The molecule has 1 N–H and O–H groups in total. The Morgan fingerprint density at radius 3 is 2.53 bits per heavy atom. The predicted molar refractivity (Wildman–Crippen MR) is 45.5 cm³/mol. The van der Waals surface area contributed by atoms with Crippen LogP contribution in [0, 0.1) is 11.8 Å². The van der Waals surface area contributed by atoms with Crippen LogP contribution in [0.5, 0.6) is 0 Å². The van der Waals surface area contributed by atoms with Gasteiger partial charge in [-0.1, -0.05) is 0 Å². The molecular formula is C10H10F4O. The van der Waals surface area contributed by atoms with Crippen molar-refractivity contribution in [3.05, 3.63) is 23.6 Å². The van der Waals surface area contributed by atoms with Gasteiger partial charge in [-0.15, -0.1) is 0 Å². The summed E-state index contributed by atoms with van der Waals surface area (Å²) in [5, 5.41) is 9.42. The maximum absolute atomic E-state index is 12.9. The molecule has 0 heterocycles. The van der Waals surface area contributed by atoms with Crippen LogP contribution in [0.3, 0.4) is 0 Å². The van der Waals surface area contributed by atoms with Crippen LogP contribution in [0.2, 0.25) is 0 Å². The van der Waals surface area contributed by atoms with Gasteiger partial charge >= 0.3 is 6.18 Å². The third-order valence-electron chi connectivity index (χ3n) is 3.05. The third kappa shape index (κ3) is 1.80. The number of hydrogen-bond donors (Lipinski definition) is 1. The first-order valence-corrected chi connectivity index (χ1v) is 4.74. The minimum absolute atomic E-state index is 0.265. The molecule has 84 valence electrons. The van der Waals surface area contributed by atoms with Gasteiger partial charge in [0.1, 0.15) is 5.83 Å². The second-order valence-electron chi connectivity index (χ2n) is 3.98. The highest BCUT2D eigenvalue weighted by Gasteiger charge is 2.47. The maximum atomic E-state index is 12.9. The Balaban J connectivity index is 2.36. The molecule has 0 aromatic carbocycles. The summed E-state index contributed by atoms with van der Waals surface area (Å²) in [6.45, 7) is 0. The van der Waals surface area contributed by atoms with Gasteiger partial charge in [-0.3, -0.25) is 0 Å². The van der Waals surface area contributed by atoms with E-state index in [0.29, 0.717) is 12.5 Å². The maximum Gasteiger partial charge on any atom is 0.413 e. The Kier molecular flexibility index (Phi) is 2.37. The fraction of sp³-hybridized carbons (Fsp3) is 0.600. The summed E-state index contributed by atoms with van der Waals surface area (Å²) in [4.78, 5) is 0. The highest BCUT2D eigenvalue weighted by molar-refractivity contribution is 5.32. The van der Waals surface area contributed by atoms with E-state index in [4.69, 9.17) is 0 Å². The average molecular weight is 222 g/mol. The van der Waals surface area contributed by atoms with E-state index in [2.05, 4.69) is 0 Å². The Morgan fingerprint density at radius 2 is 1.93 bits per heavy atom. The Labute approximate surface area is 84.1 Å². The molecule has 0 spiro atoms. The van der Waals surface area contributed by atoms with Gasteiger partial charge in [0.05, 0.1) is 6.10 Å². The normalized spacial score (nSPS) is 35.9. The smallest absolute Gasteiger partial charge is 0.392 e. The average Bonchev–Trinajstić information content (AvgIpc) is 2.45. The topological polar surface area (TPSA) is 20.2 Å². The number of fused-ring (bicyclic) bond motifs is 1. The molecule has 3 atom stereocenters. The highest BCUT2D eigenvalue weighted by Crippen LogP contribution is 2.47. The number of alkyl halides is 3. The van der Waals surface area contributed by atoms with Crippen molar-refractivity contribution in [3.8, 4) is 0 Å². The zero-order valence-corrected chi connectivity index (χ0v) is 7.76. The number of hydrogen-bond acceptors (Lipinski definition) is 1. The quantitative estimate of drug-likeness (QED) is 0.625. The van der Waals surface area contributed by atoms with Crippen molar-refractivity contribution in [1.29, 1.82) is 0 Å². The van der Waals surface area contributed by atoms with E-state index in [9.17, 15) is 22.7 Å². The van der Waals surface area contributed by atoms with Crippen molar-refractivity contribution >= 4 is 0 Å². The van der Waals surface area contributed by atoms with Crippen LogP contribution in [0.25, 0.3) is 0 Å². The first-order chi connectivity index (χ1) is 6.89. The summed E-state index contributed by atoms with van der Waals surface area (Å²) >= 11 is 0. The summed E-state index contributed by atoms with van der Waals surface area (Å²) in [6, 6.07) is 0. The molecule has 2 aliphatic carbocycles. The lowest BCUT2D eigenvalue weighted by Crippen LogP contribution is -2.28. The van der Waals surface area contributed by atoms with Gasteiger partial charge in [0, 0.05) is 11.5 Å². The van der Waals surface area contributed by atoms with E-state index in [1.54, 1.807) is 0 Å². The minimum Gasteiger partial charge on any atom is -0.392 e. The molecule has 0 saturated heterocycles. The van der Waals surface area contributed by atoms with Gasteiger partial charge in [0.15, 0.2) is 0 Å². The van der Waals surface area contributed by atoms with Gasteiger partial charge < -0.3 is 5.11 Å². The van der Waals surface area contributed by atoms with Gasteiger partial charge in [0.2, 0.25) is 0 Å². The molecule has 2 rings (SSSR count). The zero-order valence-electron chi connectivity index (χ0n) is 7.76. The molecule has 0 aliphatic heterocycles. The predicted octanol–water partition coefficient (Wildman–Crippen LogP) is 2.73.